The van der Waals surface area contributed by atoms with E-state index in [1.54, 1.807) is 17.5 Å². The molecule has 0 bridgehead atoms. The molecule has 9 heteroatoms. The third kappa shape index (κ3) is 5.55. The van der Waals surface area contributed by atoms with E-state index in [2.05, 4.69) is 15.6 Å². The SMILES string of the molecule is CC(=O)NC(=S)N1CCC(c2nc(C(=O)Nc3ccccc3-c3ccc(O)cc3)cs2)CC1. The van der Waals surface area contributed by atoms with Gasteiger partial charge in [-0.3, -0.25) is 9.59 Å². The zero-order valence-electron chi connectivity index (χ0n) is 18.1. The Bertz CT molecular complexity index is 1170. The number of likely N-dealkylation sites (tertiary alicyclic amines) is 1. The fourth-order valence-electron chi connectivity index (χ4n) is 3.81. The van der Waals surface area contributed by atoms with Gasteiger partial charge < -0.3 is 20.6 Å². The number of carbonyl (C=O) groups excluding carboxylic acids is 2. The fraction of sp³-hybridized carbons (Fsp3) is 0.250. The molecule has 0 radical (unpaired) electrons. The Kier molecular flexibility index (Phi) is 7.00. The number of para-hydroxylation sites is 1. The third-order valence-corrected chi connectivity index (χ3v) is 6.89. The van der Waals surface area contributed by atoms with Gasteiger partial charge in [-0.2, -0.15) is 0 Å². The van der Waals surface area contributed by atoms with Gasteiger partial charge in [0, 0.05) is 42.6 Å². The summed E-state index contributed by atoms with van der Waals surface area (Å²) < 4.78 is 0. The van der Waals surface area contributed by atoms with Crippen LogP contribution in [-0.2, 0) is 4.79 Å². The standard InChI is InChI=1S/C24H24N4O3S2/c1-15(29)25-24(32)28-12-10-17(11-13-28)23-27-21(14-33-23)22(31)26-20-5-3-2-4-19(20)16-6-8-18(30)9-7-16/h2-9,14,17,30H,10-13H2,1H3,(H,26,31)(H,25,29,32). The summed E-state index contributed by atoms with van der Waals surface area (Å²) in [4.78, 5) is 30.7. The van der Waals surface area contributed by atoms with Crippen LogP contribution in [0.2, 0.25) is 0 Å². The summed E-state index contributed by atoms with van der Waals surface area (Å²) in [7, 11) is 0. The van der Waals surface area contributed by atoms with E-state index >= 15 is 0 Å². The number of carbonyl (C=O) groups is 2. The monoisotopic (exact) mass is 480 g/mol. The highest BCUT2D eigenvalue weighted by atomic mass is 32.1. The van der Waals surface area contributed by atoms with Crippen LogP contribution in [0, 0.1) is 0 Å². The molecule has 1 aliphatic rings. The van der Waals surface area contributed by atoms with Crippen molar-refractivity contribution in [3.63, 3.8) is 0 Å². The summed E-state index contributed by atoms with van der Waals surface area (Å²) in [6, 6.07) is 14.4. The maximum atomic E-state index is 12.9. The van der Waals surface area contributed by atoms with E-state index < -0.39 is 0 Å². The van der Waals surface area contributed by atoms with Crippen molar-refractivity contribution >= 4 is 46.2 Å². The first-order valence-corrected chi connectivity index (χ1v) is 11.9. The van der Waals surface area contributed by atoms with Crippen LogP contribution in [0.3, 0.4) is 0 Å². The average Bonchev–Trinajstić information content (AvgIpc) is 3.30. The second-order valence-corrected chi connectivity index (χ2v) is 9.14. The highest BCUT2D eigenvalue weighted by molar-refractivity contribution is 7.80. The molecule has 2 aromatic carbocycles. The molecule has 0 saturated carbocycles. The quantitative estimate of drug-likeness (QED) is 0.480. The second-order valence-electron chi connectivity index (χ2n) is 7.87. The number of anilines is 1. The average molecular weight is 481 g/mol. The minimum atomic E-state index is -0.256. The van der Waals surface area contributed by atoms with Crippen molar-refractivity contribution in [1.82, 2.24) is 15.2 Å². The van der Waals surface area contributed by atoms with Gasteiger partial charge in [0.05, 0.1) is 5.01 Å². The lowest BCUT2D eigenvalue weighted by Gasteiger charge is -2.32. The number of thiazole rings is 1. The minimum absolute atomic E-state index is 0.162. The van der Waals surface area contributed by atoms with Crippen LogP contribution < -0.4 is 10.6 Å². The van der Waals surface area contributed by atoms with Gasteiger partial charge in [0.25, 0.3) is 5.91 Å². The molecule has 4 rings (SSSR count). The smallest absolute Gasteiger partial charge is 0.275 e. The van der Waals surface area contributed by atoms with Crippen LogP contribution >= 0.6 is 23.6 Å². The van der Waals surface area contributed by atoms with E-state index in [-0.39, 0.29) is 23.5 Å². The molecule has 1 fully saturated rings. The molecule has 0 unspecified atom stereocenters. The molecule has 170 valence electrons. The van der Waals surface area contributed by atoms with Gasteiger partial charge in [-0.25, -0.2) is 4.98 Å². The summed E-state index contributed by atoms with van der Waals surface area (Å²) in [5.41, 5.74) is 2.84. The second kappa shape index (κ2) is 10.1. The Labute approximate surface area is 201 Å². The fourth-order valence-corrected chi connectivity index (χ4v) is 5.11. The Morgan fingerprint density at radius 3 is 2.52 bits per heavy atom. The third-order valence-electron chi connectivity index (χ3n) is 5.52. The number of rotatable bonds is 4. The van der Waals surface area contributed by atoms with Gasteiger partial charge in [-0.15, -0.1) is 11.3 Å². The van der Waals surface area contributed by atoms with Crippen LogP contribution in [0.4, 0.5) is 5.69 Å². The summed E-state index contributed by atoms with van der Waals surface area (Å²) >= 11 is 6.77. The maximum Gasteiger partial charge on any atom is 0.275 e. The summed E-state index contributed by atoms with van der Waals surface area (Å²) in [5.74, 6) is 0.0351. The normalized spacial score (nSPS) is 14.0. The Hall–Kier alpha value is -3.30. The molecule has 1 saturated heterocycles. The molecule has 0 aliphatic carbocycles. The molecule has 33 heavy (non-hydrogen) atoms. The number of hydrogen-bond acceptors (Lipinski definition) is 6. The Morgan fingerprint density at radius 2 is 1.82 bits per heavy atom. The summed E-state index contributed by atoms with van der Waals surface area (Å²) in [6.45, 7) is 2.93. The lowest BCUT2D eigenvalue weighted by Crippen LogP contribution is -2.45. The van der Waals surface area contributed by atoms with Gasteiger partial charge in [0.2, 0.25) is 5.91 Å². The zero-order chi connectivity index (χ0) is 23.4. The lowest BCUT2D eigenvalue weighted by molar-refractivity contribution is -0.117. The molecule has 1 aliphatic heterocycles. The molecule has 0 spiro atoms. The number of phenols is 1. The number of aromatic nitrogens is 1. The van der Waals surface area contributed by atoms with Gasteiger partial charge in [0.1, 0.15) is 11.4 Å². The number of nitrogens with zero attached hydrogens (tertiary/aromatic N) is 2. The lowest BCUT2D eigenvalue weighted by atomic mass is 9.98. The number of piperidine rings is 1. The predicted molar refractivity (Wildman–Crippen MR) is 134 cm³/mol. The highest BCUT2D eigenvalue weighted by Crippen LogP contribution is 2.32. The Balaban J connectivity index is 1.41. The number of phenolic OH excluding ortho intramolecular Hbond substituents is 1. The molecule has 7 nitrogen and oxygen atoms in total. The minimum Gasteiger partial charge on any atom is -0.508 e. The largest absolute Gasteiger partial charge is 0.508 e. The molecule has 1 aromatic heterocycles. The van der Waals surface area contributed by atoms with Gasteiger partial charge in [-0.1, -0.05) is 30.3 Å². The van der Waals surface area contributed by atoms with E-state index in [9.17, 15) is 14.7 Å². The topological polar surface area (TPSA) is 94.6 Å². The molecule has 0 atom stereocenters. The van der Waals surface area contributed by atoms with Crippen molar-refractivity contribution in [3.05, 3.63) is 64.6 Å². The van der Waals surface area contributed by atoms with Crippen molar-refractivity contribution in [2.45, 2.75) is 25.7 Å². The van der Waals surface area contributed by atoms with Crippen molar-refractivity contribution < 1.29 is 14.7 Å². The number of thiocarbonyl (C=S) groups is 1. The van der Waals surface area contributed by atoms with Crippen LogP contribution in [-0.4, -0.2) is 45.0 Å². The Morgan fingerprint density at radius 1 is 1.12 bits per heavy atom. The van der Waals surface area contributed by atoms with E-state index in [1.165, 1.54) is 18.3 Å². The first-order valence-electron chi connectivity index (χ1n) is 10.6. The number of hydrogen-bond donors (Lipinski definition) is 3. The van der Waals surface area contributed by atoms with Crippen LogP contribution in [0.1, 0.15) is 41.2 Å². The zero-order valence-corrected chi connectivity index (χ0v) is 19.7. The van der Waals surface area contributed by atoms with Crippen LogP contribution in [0.15, 0.2) is 53.9 Å². The van der Waals surface area contributed by atoms with Gasteiger partial charge in [-0.05, 0) is 48.8 Å². The predicted octanol–water partition coefficient (Wildman–Crippen LogP) is 4.37. The molecular formula is C24H24N4O3S2. The van der Waals surface area contributed by atoms with Crippen molar-refractivity contribution in [2.75, 3.05) is 18.4 Å². The summed E-state index contributed by atoms with van der Waals surface area (Å²) in [5, 5.41) is 18.4. The first-order chi connectivity index (χ1) is 15.9. The van der Waals surface area contributed by atoms with E-state index in [1.807, 2.05) is 41.3 Å². The van der Waals surface area contributed by atoms with E-state index in [4.69, 9.17) is 12.2 Å². The van der Waals surface area contributed by atoms with Crippen molar-refractivity contribution in [2.24, 2.45) is 0 Å². The van der Waals surface area contributed by atoms with E-state index in [0.717, 1.165) is 42.1 Å². The number of amides is 2. The van der Waals surface area contributed by atoms with Gasteiger partial charge >= 0.3 is 0 Å². The molecule has 3 N–H and O–H groups in total. The number of nitrogens with one attached hydrogen (secondary N) is 2. The molecule has 2 amide bonds. The van der Waals surface area contributed by atoms with Crippen molar-refractivity contribution in [1.29, 1.82) is 0 Å². The van der Waals surface area contributed by atoms with E-state index in [0.29, 0.717) is 16.5 Å². The van der Waals surface area contributed by atoms with Crippen LogP contribution in [0.25, 0.3) is 11.1 Å². The van der Waals surface area contributed by atoms with Crippen molar-refractivity contribution in [3.8, 4) is 16.9 Å². The molecular weight excluding hydrogens is 456 g/mol. The van der Waals surface area contributed by atoms with Crippen LogP contribution in [0.5, 0.6) is 5.75 Å². The number of aromatic hydroxyl groups is 1. The maximum absolute atomic E-state index is 12.9. The number of benzene rings is 2. The highest BCUT2D eigenvalue weighted by Gasteiger charge is 2.25. The van der Waals surface area contributed by atoms with Gasteiger partial charge in [0.15, 0.2) is 5.11 Å². The molecule has 2 heterocycles. The molecule has 3 aromatic rings. The summed E-state index contributed by atoms with van der Waals surface area (Å²) in [6.07, 6.45) is 1.72. The first kappa shape index (κ1) is 22.9.